The number of carbonyl (C=O) groups is 2. The first-order chi connectivity index (χ1) is 9.89. The van der Waals surface area contributed by atoms with Gasteiger partial charge in [0.1, 0.15) is 5.82 Å². The minimum Gasteiger partial charge on any atom is -0.481 e. The Bertz CT molecular complexity index is 549. The van der Waals surface area contributed by atoms with E-state index in [0.29, 0.717) is 31.7 Å². The van der Waals surface area contributed by atoms with Gasteiger partial charge in [0.15, 0.2) is 0 Å². The Morgan fingerprint density at radius 3 is 2.86 bits per heavy atom. The van der Waals surface area contributed by atoms with Crippen molar-refractivity contribution in [2.75, 3.05) is 25.0 Å². The van der Waals surface area contributed by atoms with Crippen molar-refractivity contribution in [2.24, 2.45) is 5.41 Å². The van der Waals surface area contributed by atoms with E-state index in [1.54, 1.807) is 13.0 Å². The van der Waals surface area contributed by atoms with Crippen molar-refractivity contribution >= 4 is 17.6 Å². The van der Waals surface area contributed by atoms with E-state index in [0.717, 1.165) is 0 Å². The van der Waals surface area contributed by atoms with Gasteiger partial charge in [-0.1, -0.05) is 6.07 Å². The molecule has 1 aromatic rings. The second-order valence-corrected chi connectivity index (χ2v) is 5.70. The van der Waals surface area contributed by atoms with Crippen LogP contribution in [-0.2, 0) is 9.59 Å². The first-order valence-corrected chi connectivity index (χ1v) is 6.90. The Morgan fingerprint density at radius 1 is 1.48 bits per heavy atom. The molecule has 1 heterocycles. The van der Waals surface area contributed by atoms with Gasteiger partial charge in [0.05, 0.1) is 5.41 Å². The number of hydrogen-bond donors (Lipinski definition) is 2. The molecule has 1 unspecified atom stereocenters. The van der Waals surface area contributed by atoms with Crippen LogP contribution in [-0.4, -0.2) is 41.5 Å². The molecule has 1 saturated heterocycles. The second-order valence-electron chi connectivity index (χ2n) is 5.70. The van der Waals surface area contributed by atoms with Crippen molar-refractivity contribution in [3.8, 4) is 0 Å². The molecule has 21 heavy (non-hydrogen) atoms. The zero-order valence-electron chi connectivity index (χ0n) is 11.9. The van der Waals surface area contributed by atoms with Gasteiger partial charge in [-0.05, 0) is 38.1 Å². The van der Waals surface area contributed by atoms with Crippen LogP contribution in [0.4, 0.5) is 10.1 Å². The summed E-state index contributed by atoms with van der Waals surface area (Å²) in [5.41, 5.74) is -0.296. The highest BCUT2D eigenvalue weighted by atomic mass is 19.1. The Kier molecular flexibility index (Phi) is 4.57. The minimum absolute atomic E-state index is 0.204. The number of carbonyl (C=O) groups excluding carboxylic acids is 1. The number of anilines is 1. The van der Waals surface area contributed by atoms with Crippen LogP contribution in [0.5, 0.6) is 0 Å². The number of benzene rings is 1. The number of halogens is 1. The van der Waals surface area contributed by atoms with Gasteiger partial charge in [-0.3, -0.25) is 9.59 Å². The molecule has 0 radical (unpaired) electrons. The number of rotatable bonds is 5. The molecule has 0 saturated carbocycles. The number of aliphatic carboxylic acids is 1. The smallest absolute Gasteiger partial charge is 0.310 e. The molecule has 0 bridgehead atoms. The van der Waals surface area contributed by atoms with E-state index in [2.05, 4.69) is 5.32 Å². The van der Waals surface area contributed by atoms with E-state index in [1.165, 1.54) is 18.2 Å². The van der Waals surface area contributed by atoms with Gasteiger partial charge >= 0.3 is 5.97 Å². The number of carboxylic acid groups (broad SMARTS) is 1. The molecule has 2 rings (SSSR count). The first-order valence-electron chi connectivity index (χ1n) is 6.90. The zero-order chi connectivity index (χ0) is 15.5. The molecule has 0 aromatic heterocycles. The van der Waals surface area contributed by atoms with Gasteiger partial charge in [0.25, 0.3) is 0 Å². The van der Waals surface area contributed by atoms with E-state index in [1.807, 2.05) is 4.90 Å². The summed E-state index contributed by atoms with van der Waals surface area (Å²) in [7, 11) is 0. The third-order valence-corrected chi connectivity index (χ3v) is 3.83. The van der Waals surface area contributed by atoms with Crippen molar-refractivity contribution < 1.29 is 19.1 Å². The van der Waals surface area contributed by atoms with Crippen molar-refractivity contribution in [2.45, 2.75) is 19.8 Å². The maximum Gasteiger partial charge on any atom is 0.310 e. The molecule has 1 aliphatic heterocycles. The quantitative estimate of drug-likeness (QED) is 0.871. The van der Waals surface area contributed by atoms with Crippen molar-refractivity contribution in [3.05, 3.63) is 30.1 Å². The highest BCUT2D eigenvalue weighted by Crippen LogP contribution is 2.29. The Hall–Kier alpha value is -1.95. The number of likely N-dealkylation sites (tertiary alicyclic amines) is 1. The maximum atomic E-state index is 13.0. The van der Waals surface area contributed by atoms with E-state index in [-0.39, 0.29) is 12.3 Å². The molecule has 1 atom stereocenters. The summed E-state index contributed by atoms with van der Waals surface area (Å²) in [5.74, 6) is -1.40. The van der Waals surface area contributed by atoms with Crippen LogP contribution < -0.4 is 5.32 Å². The fourth-order valence-electron chi connectivity index (χ4n) is 2.47. The number of nitrogens with one attached hydrogen (secondary N) is 1. The molecule has 6 heteroatoms. The van der Waals surface area contributed by atoms with Crippen LogP contribution in [0.1, 0.15) is 19.8 Å². The third-order valence-electron chi connectivity index (χ3n) is 3.83. The molecule has 1 aromatic carbocycles. The fraction of sp³-hybridized carbons (Fsp3) is 0.467. The summed E-state index contributed by atoms with van der Waals surface area (Å²) < 4.78 is 13.0. The summed E-state index contributed by atoms with van der Waals surface area (Å²) in [6.45, 7) is 3.36. The lowest BCUT2D eigenvalue weighted by Gasteiger charge is -2.19. The predicted molar refractivity (Wildman–Crippen MR) is 76.4 cm³/mol. The van der Waals surface area contributed by atoms with Gasteiger partial charge in [-0.2, -0.15) is 0 Å². The van der Waals surface area contributed by atoms with Crippen molar-refractivity contribution in [1.29, 1.82) is 0 Å². The molecule has 1 aliphatic rings. The van der Waals surface area contributed by atoms with Crippen LogP contribution in [0.2, 0.25) is 0 Å². The average Bonchev–Trinajstić information content (AvgIpc) is 2.80. The Labute approximate surface area is 122 Å². The van der Waals surface area contributed by atoms with Gasteiger partial charge in [0.2, 0.25) is 5.91 Å². The molecule has 1 fully saturated rings. The lowest BCUT2D eigenvalue weighted by Crippen LogP contribution is -2.33. The molecule has 2 N–H and O–H groups in total. The van der Waals surface area contributed by atoms with E-state index < -0.39 is 17.2 Å². The topological polar surface area (TPSA) is 69.6 Å². The van der Waals surface area contributed by atoms with Crippen LogP contribution in [0, 0.1) is 11.2 Å². The van der Waals surface area contributed by atoms with E-state index >= 15 is 0 Å². The first kappa shape index (κ1) is 15.4. The monoisotopic (exact) mass is 294 g/mol. The van der Waals surface area contributed by atoms with Crippen LogP contribution in [0.3, 0.4) is 0 Å². The number of amides is 1. The second kappa shape index (κ2) is 6.22. The molecule has 0 spiro atoms. The highest BCUT2D eigenvalue weighted by Gasteiger charge is 2.40. The van der Waals surface area contributed by atoms with Crippen LogP contribution >= 0.6 is 0 Å². The van der Waals surface area contributed by atoms with Crippen molar-refractivity contribution in [3.63, 3.8) is 0 Å². The Balaban J connectivity index is 1.79. The minimum atomic E-state index is -0.797. The molecule has 1 amide bonds. The summed E-state index contributed by atoms with van der Waals surface area (Å²) in [6, 6.07) is 5.73. The Morgan fingerprint density at radius 2 is 2.24 bits per heavy atom. The maximum absolute atomic E-state index is 13.0. The molecule has 114 valence electrons. The molecule has 0 aliphatic carbocycles. The van der Waals surface area contributed by atoms with Crippen LogP contribution in [0.25, 0.3) is 0 Å². The lowest BCUT2D eigenvalue weighted by atomic mass is 9.90. The van der Waals surface area contributed by atoms with Gasteiger partial charge in [-0.15, -0.1) is 0 Å². The summed E-state index contributed by atoms with van der Waals surface area (Å²) in [6.07, 6.45) is 0.847. The molecule has 5 nitrogen and oxygen atoms in total. The number of carboxylic acids is 1. The third kappa shape index (κ3) is 4.01. The van der Waals surface area contributed by atoms with E-state index in [9.17, 15) is 14.0 Å². The standard InChI is InChI=1S/C15H19FN2O3/c1-15(14(20)21)6-8-18(10-15)7-5-13(19)17-12-4-2-3-11(16)9-12/h2-4,9H,5-8,10H2,1H3,(H,17,19)(H,20,21). The molecular formula is C15H19FN2O3. The summed E-state index contributed by atoms with van der Waals surface area (Å²) in [4.78, 5) is 24.9. The van der Waals surface area contributed by atoms with E-state index in [4.69, 9.17) is 5.11 Å². The number of hydrogen-bond acceptors (Lipinski definition) is 3. The fourth-order valence-corrected chi connectivity index (χ4v) is 2.47. The van der Waals surface area contributed by atoms with Crippen molar-refractivity contribution in [1.82, 2.24) is 4.90 Å². The largest absolute Gasteiger partial charge is 0.481 e. The predicted octanol–water partition coefficient (Wildman–Crippen LogP) is 1.95. The summed E-state index contributed by atoms with van der Waals surface area (Å²) in [5, 5.41) is 11.8. The highest BCUT2D eigenvalue weighted by molar-refractivity contribution is 5.90. The zero-order valence-corrected chi connectivity index (χ0v) is 11.9. The number of nitrogens with zero attached hydrogens (tertiary/aromatic N) is 1. The summed E-state index contributed by atoms with van der Waals surface area (Å²) >= 11 is 0. The molecular weight excluding hydrogens is 275 g/mol. The van der Waals surface area contributed by atoms with Gasteiger partial charge in [-0.25, -0.2) is 4.39 Å². The average molecular weight is 294 g/mol. The SMILES string of the molecule is CC1(C(=O)O)CCN(CCC(=O)Nc2cccc(F)c2)C1. The normalized spacial score (nSPS) is 22.2. The van der Waals surface area contributed by atoms with Gasteiger partial charge < -0.3 is 15.3 Å². The van der Waals surface area contributed by atoms with Gasteiger partial charge in [0, 0.05) is 25.2 Å². The lowest BCUT2D eigenvalue weighted by molar-refractivity contribution is -0.147. The van der Waals surface area contributed by atoms with Crippen LogP contribution in [0.15, 0.2) is 24.3 Å².